The van der Waals surface area contributed by atoms with Crippen molar-refractivity contribution in [1.29, 1.82) is 0 Å². The zero-order chi connectivity index (χ0) is 16.7. The summed E-state index contributed by atoms with van der Waals surface area (Å²) in [6.45, 7) is 2.25. The SMILES string of the molecule is CCCCCCCCCCCCCC[S+](C)COS(=O)(=O)O. The monoisotopic (exact) mass is 355 g/mol. The molecular formula is C16H35O4S2+. The van der Waals surface area contributed by atoms with Crippen molar-refractivity contribution in [3.8, 4) is 0 Å². The Morgan fingerprint density at radius 3 is 1.64 bits per heavy atom. The summed E-state index contributed by atoms with van der Waals surface area (Å²) in [7, 11) is -4.36. The summed E-state index contributed by atoms with van der Waals surface area (Å²) in [4.78, 5) is 0. The zero-order valence-electron chi connectivity index (χ0n) is 14.4. The molecule has 0 aliphatic rings. The average molecular weight is 356 g/mol. The minimum atomic E-state index is -4.27. The first kappa shape index (κ1) is 22.2. The predicted octanol–water partition coefficient (Wildman–Crippen LogP) is 4.71. The van der Waals surface area contributed by atoms with Gasteiger partial charge in [0.15, 0.2) is 0 Å². The van der Waals surface area contributed by atoms with Crippen LogP contribution in [0, 0.1) is 0 Å². The molecule has 0 spiro atoms. The number of unbranched alkanes of at least 4 members (excludes halogenated alkanes) is 11. The summed E-state index contributed by atoms with van der Waals surface area (Å²) in [6.07, 6.45) is 17.9. The Hall–Kier alpha value is 0.220. The van der Waals surface area contributed by atoms with Crippen LogP contribution in [0.5, 0.6) is 0 Å². The molecule has 0 aromatic heterocycles. The third-order valence-corrected chi connectivity index (χ3v) is 5.82. The van der Waals surface area contributed by atoms with Crippen LogP contribution in [0.15, 0.2) is 0 Å². The van der Waals surface area contributed by atoms with E-state index in [2.05, 4.69) is 11.1 Å². The van der Waals surface area contributed by atoms with E-state index in [1.807, 2.05) is 6.26 Å². The standard InChI is InChI=1S/C16H34O4S2/c1-3-4-5-6-7-8-9-10-11-12-13-14-15-21(2)16-20-22(17,18)19/h3-16H2,1-2H3/p+1. The van der Waals surface area contributed by atoms with Gasteiger partial charge in [0.25, 0.3) is 0 Å². The van der Waals surface area contributed by atoms with E-state index in [1.54, 1.807) is 0 Å². The van der Waals surface area contributed by atoms with Gasteiger partial charge in [-0.1, -0.05) is 71.1 Å². The maximum atomic E-state index is 10.4. The molecule has 1 unspecified atom stereocenters. The highest BCUT2D eigenvalue weighted by Crippen LogP contribution is 2.12. The molecule has 0 radical (unpaired) electrons. The fourth-order valence-corrected chi connectivity index (χ4v) is 4.35. The summed E-state index contributed by atoms with van der Waals surface area (Å²) in [6, 6.07) is 0. The van der Waals surface area contributed by atoms with E-state index in [9.17, 15) is 8.42 Å². The summed E-state index contributed by atoms with van der Waals surface area (Å²) >= 11 is 0. The van der Waals surface area contributed by atoms with Crippen molar-refractivity contribution in [2.45, 2.75) is 84.0 Å². The summed E-state index contributed by atoms with van der Waals surface area (Å²) in [5, 5.41) is 0. The van der Waals surface area contributed by atoms with Gasteiger partial charge < -0.3 is 0 Å². The van der Waals surface area contributed by atoms with Crippen molar-refractivity contribution >= 4 is 21.3 Å². The number of hydrogen-bond donors (Lipinski definition) is 1. The molecule has 6 heteroatoms. The first-order valence-electron chi connectivity index (χ1n) is 8.66. The maximum absolute atomic E-state index is 10.4. The molecule has 4 nitrogen and oxygen atoms in total. The van der Waals surface area contributed by atoms with Crippen LogP contribution in [0.1, 0.15) is 84.0 Å². The van der Waals surface area contributed by atoms with Crippen molar-refractivity contribution in [1.82, 2.24) is 0 Å². The molecule has 0 amide bonds. The average Bonchev–Trinajstić information content (AvgIpc) is 2.45. The summed E-state index contributed by atoms with van der Waals surface area (Å²) in [5.41, 5.74) is 0. The van der Waals surface area contributed by atoms with Crippen LogP contribution in [-0.4, -0.2) is 30.9 Å². The second-order valence-corrected chi connectivity index (χ2v) is 9.34. The van der Waals surface area contributed by atoms with E-state index in [-0.39, 0.29) is 16.8 Å². The fourth-order valence-electron chi connectivity index (χ4n) is 2.39. The van der Waals surface area contributed by atoms with E-state index >= 15 is 0 Å². The Bertz CT molecular complexity index is 331. The van der Waals surface area contributed by atoms with Crippen LogP contribution in [0.3, 0.4) is 0 Å². The van der Waals surface area contributed by atoms with Gasteiger partial charge in [-0.2, -0.15) is 12.6 Å². The molecule has 0 bridgehead atoms. The van der Waals surface area contributed by atoms with Crippen molar-refractivity contribution in [2.75, 3.05) is 17.9 Å². The van der Waals surface area contributed by atoms with Gasteiger partial charge in [-0.3, -0.25) is 4.55 Å². The minimum Gasteiger partial charge on any atom is -0.263 e. The molecule has 0 saturated heterocycles. The van der Waals surface area contributed by atoms with Gasteiger partial charge in [0.05, 0.1) is 6.26 Å². The van der Waals surface area contributed by atoms with Gasteiger partial charge >= 0.3 is 10.4 Å². The van der Waals surface area contributed by atoms with E-state index < -0.39 is 10.4 Å². The fraction of sp³-hybridized carbons (Fsp3) is 1.00. The van der Waals surface area contributed by atoms with Crippen molar-refractivity contribution in [3.05, 3.63) is 0 Å². The van der Waals surface area contributed by atoms with Crippen LogP contribution in [-0.2, 0) is 25.5 Å². The molecule has 0 saturated carbocycles. The number of rotatable bonds is 16. The second-order valence-electron chi connectivity index (χ2n) is 6.04. The Morgan fingerprint density at radius 2 is 1.23 bits per heavy atom. The molecule has 134 valence electrons. The van der Waals surface area contributed by atoms with Crippen LogP contribution in [0.25, 0.3) is 0 Å². The van der Waals surface area contributed by atoms with E-state index in [0.29, 0.717) is 0 Å². The molecule has 0 rings (SSSR count). The molecule has 0 aromatic carbocycles. The first-order chi connectivity index (χ1) is 10.5. The van der Waals surface area contributed by atoms with E-state index in [4.69, 9.17) is 4.55 Å². The maximum Gasteiger partial charge on any atom is 0.401 e. The lowest BCUT2D eigenvalue weighted by Crippen LogP contribution is -2.16. The van der Waals surface area contributed by atoms with Crippen LogP contribution >= 0.6 is 0 Å². The Morgan fingerprint density at radius 1 is 0.818 bits per heavy atom. The van der Waals surface area contributed by atoms with Crippen LogP contribution in [0.2, 0.25) is 0 Å². The topological polar surface area (TPSA) is 63.6 Å². The van der Waals surface area contributed by atoms with Gasteiger partial charge in [0.2, 0.25) is 5.94 Å². The van der Waals surface area contributed by atoms with Crippen molar-refractivity contribution in [2.24, 2.45) is 0 Å². The minimum absolute atomic E-state index is 0.0924. The van der Waals surface area contributed by atoms with E-state index in [0.717, 1.165) is 12.2 Å². The zero-order valence-corrected chi connectivity index (χ0v) is 16.0. The summed E-state index contributed by atoms with van der Waals surface area (Å²) < 4.78 is 33.8. The van der Waals surface area contributed by atoms with Gasteiger partial charge in [0, 0.05) is 10.9 Å². The second kappa shape index (κ2) is 14.8. The third-order valence-electron chi connectivity index (χ3n) is 3.74. The molecule has 0 fully saturated rings. The molecule has 0 aliphatic carbocycles. The highest BCUT2D eigenvalue weighted by molar-refractivity contribution is 7.96. The molecular weight excluding hydrogens is 320 g/mol. The molecule has 0 heterocycles. The van der Waals surface area contributed by atoms with Crippen molar-refractivity contribution < 1.29 is 17.2 Å². The molecule has 1 N–H and O–H groups in total. The predicted molar refractivity (Wildman–Crippen MR) is 96.7 cm³/mol. The summed E-state index contributed by atoms with van der Waals surface area (Å²) in [5.74, 6) is 1.09. The first-order valence-corrected chi connectivity index (χ1v) is 12.0. The van der Waals surface area contributed by atoms with Gasteiger partial charge in [-0.05, 0) is 12.8 Å². The van der Waals surface area contributed by atoms with Gasteiger partial charge in [-0.25, -0.2) is 0 Å². The lowest BCUT2D eigenvalue weighted by atomic mass is 10.1. The normalized spacial score (nSPS) is 13.4. The van der Waals surface area contributed by atoms with Gasteiger partial charge in [-0.15, -0.1) is 0 Å². The Balaban J connectivity index is 3.20. The molecule has 0 aromatic rings. The lowest BCUT2D eigenvalue weighted by molar-refractivity contribution is 0.312. The highest BCUT2D eigenvalue weighted by Gasteiger charge is 2.15. The Kier molecular flexibility index (Phi) is 14.9. The quantitative estimate of drug-likeness (QED) is 0.247. The van der Waals surface area contributed by atoms with E-state index in [1.165, 1.54) is 70.6 Å². The molecule has 22 heavy (non-hydrogen) atoms. The number of hydrogen-bond acceptors (Lipinski definition) is 3. The van der Waals surface area contributed by atoms with Crippen LogP contribution < -0.4 is 0 Å². The van der Waals surface area contributed by atoms with Crippen molar-refractivity contribution in [3.63, 3.8) is 0 Å². The third kappa shape index (κ3) is 18.3. The van der Waals surface area contributed by atoms with Crippen LogP contribution in [0.4, 0.5) is 0 Å². The molecule has 0 aliphatic heterocycles. The largest absolute Gasteiger partial charge is 0.401 e. The molecule has 1 atom stereocenters. The smallest absolute Gasteiger partial charge is 0.263 e. The lowest BCUT2D eigenvalue weighted by Gasteiger charge is -2.04. The van der Waals surface area contributed by atoms with Gasteiger partial charge in [0.1, 0.15) is 5.75 Å². The highest BCUT2D eigenvalue weighted by atomic mass is 32.3. The Labute approximate surface area is 140 Å².